The third-order valence-electron chi connectivity index (χ3n) is 2.16. The quantitative estimate of drug-likeness (QED) is 0.831. The van der Waals surface area contributed by atoms with Gasteiger partial charge >= 0.3 is 0 Å². The van der Waals surface area contributed by atoms with Gasteiger partial charge in [0, 0.05) is 11.8 Å². The van der Waals surface area contributed by atoms with Crippen molar-refractivity contribution in [3.05, 3.63) is 39.6 Å². The molecule has 7 heteroatoms. The van der Waals surface area contributed by atoms with Gasteiger partial charge in [-0.2, -0.15) is 0 Å². The second kappa shape index (κ2) is 4.88. The molecule has 0 atom stereocenters. The second-order valence-electron chi connectivity index (χ2n) is 3.64. The predicted molar refractivity (Wildman–Crippen MR) is 70.1 cm³/mol. The summed E-state index contributed by atoms with van der Waals surface area (Å²) in [5, 5.41) is 6.54. The molecule has 18 heavy (non-hydrogen) atoms. The summed E-state index contributed by atoms with van der Waals surface area (Å²) in [6, 6.07) is 4.50. The molecule has 0 fully saturated rings. The average molecular weight is 286 g/mol. The Kier molecular flexibility index (Phi) is 3.45. The number of nitrogens with two attached hydrogens (primary N) is 1. The number of aryl methyl sites for hydroxylation is 1. The Morgan fingerprint density at radius 2 is 2.11 bits per heavy atom. The van der Waals surface area contributed by atoms with Crippen LogP contribution in [0.25, 0.3) is 0 Å². The first-order chi connectivity index (χ1) is 8.47. The molecule has 0 saturated carbocycles. The van der Waals surface area contributed by atoms with Crippen LogP contribution in [0.1, 0.15) is 16.1 Å². The number of anilines is 2. The molecule has 2 rings (SSSR count). The first-order valence-corrected chi connectivity index (χ1v) is 5.72. The molecule has 1 heterocycles. The van der Waals surface area contributed by atoms with Crippen molar-refractivity contribution in [2.45, 2.75) is 6.92 Å². The summed E-state index contributed by atoms with van der Waals surface area (Å²) in [4.78, 5) is 12.0. The normalized spacial score (nSPS) is 10.4. The van der Waals surface area contributed by atoms with Crippen molar-refractivity contribution in [3.8, 4) is 0 Å². The smallest absolute Gasteiger partial charge is 0.258 e. The van der Waals surface area contributed by atoms with Gasteiger partial charge in [0.1, 0.15) is 5.76 Å². The van der Waals surface area contributed by atoms with Crippen molar-refractivity contribution in [1.82, 2.24) is 5.16 Å². The van der Waals surface area contributed by atoms with Gasteiger partial charge in [-0.15, -0.1) is 0 Å². The molecule has 0 aliphatic carbocycles. The van der Waals surface area contributed by atoms with Crippen molar-refractivity contribution in [2.75, 3.05) is 11.1 Å². The third-order valence-corrected chi connectivity index (χ3v) is 2.97. The molecule has 2 aromatic rings. The number of aromatic nitrogens is 1. The fourth-order valence-electron chi connectivity index (χ4n) is 1.38. The standard InChI is InChI=1S/C11H9Cl2N3O2/c1-5-2-9(16-18-5)15-11(17)7-3-6(14)4-8(12)10(7)13/h2-4H,14H2,1H3,(H,15,16,17). The first kappa shape index (κ1) is 12.7. The zero-order valence-electron chi connectivity index (χ0n) is 9.33. The molecule has 94 valence electrons. The van der Waals surface area contributed by atoms with Gasteiger partial charge < -0.3 is 15.6 Å². The van der Waals surface area contributed by atoms with Crippen LogP contribution in [0.2, 0.25) is 10.0 Å². The summed E-state index contributed by atoms with van der Waals surface area (Å²) >= 11 is 11.8. The van der Waals surface area contributed by atoms with Crippen LogP contribution < -0.4 is 11.1 Å². The van der Waals surface area contributed by atoms with Gasteiger partial charge in [-0.3, -0.25) is 4.79 Å². The fraction of sp³-hybridized carbons (Fsp3) is 0.0909. The molecule has 0 unspecified atom stereocenters. The van der Waals surface area contributed by atoms with Gasteiger partial charge in [-0.05, 0) is 19.1 Å². The summed E-state index contributed by atoms with van der Waals surface area (Å²) < 4.78 is 4.83. The van der Waals surface area contributed by atoms with Crippen LogP contribution in [0.15, 0.2) is 22.7 Å². The lowest BCUT2D eigenvalue weighted by atomic mass is 10.2. The highest BCUT2D eigenvalue weighted by Gasteiger charge is 2.15. The Morgan fingerprint density at radius 1 is 1.39 bits per heavy atom. The van der Waals surface area contributed by atoms with Crippen molar-refractivity contribution in [2.24, 2.45) is 0 Å². The molecule has 5 nitrogen and oxygen atoms in total. The van der Waals surface area contributed by atoms with E-state index < -0.39 is 5.91 Å². The lowest BCUT2D eigenvalue weighted by molar-refractivity contribution is 0.102. The number of hydrogen-bond acceptors (Lipinski definition) is 4. The van der Waals surface area contributed by atoms with Gasteiger partial charge in [0.15, 0.2) is 5.82 Å². The van der Waals surface area contributed by atoms with Crippen LogP contribution in [0, 0.1) is 6.92 Å². The molecule has 0 spiro atoms. The van der Waals surface area contributed by atoms with E-state index in [2.05, 4.69) is 10.5 Å². The molecule has 0 aliphatic rings. The van der Waals surface area contributed by atoms with E-state index in [1.54, 1.807) is 13.0 Å². The van der Waals surface area contributed by atoms with E-state index in [-0.39, 0.29) is 15.6 Å². The number of nitrogen functional groups attached to an aromatic ring is 1. The maximum absolute atomic E-state index is 12.0. The molecule has 0 saturated heterocycles. The molecule has 1 amide bonds. The number of carbonyl (C=O) groups is 1. The number of benzene rings is 1. The Hall–Kier alpha value is -1.72. The topological polar surface area (TPSA) is 81.2 Å². The van der Waals surface area contributed by atoms with Gasteiger partial charge in [0.05, 0.1) is 15.6 Å². The van der Waals surface area contributed by atoms with E-state index in [4.69, 9.17) is 33.5 Å². The van der Waals surface area contributed by atoms with Crippen LogP contribution in [0.4, 0.5) is 11.5 Å². The molecule has 0 radical (unpaired) electrons. The molecule has 1 aromatic carbocycles. The highest BCUT2D eigenvalue weighted by atomic mass is 35.5. The molecule has 3 N–H and O–H groups in total. The van der Waals surface area contributed by atoms with Crippen molar-refractivity contribution >= 4 is 40.6 Å². The highest BCUT2D eigenvalue weighted by molar-refractivity contribution is 6.44. The zero-order valence-corrected chi connectivity index (χ0v) is 10.8. The van der Waals surface area contributed by atoms with Crippen LogP contribution >= 0.6 is 23.2 Å². The summed E-state index contributed by atoms with van der Waals surface area (Å²) in [5.74, 6) is 0.427. The van der Waals surface area contributed by atoms with E-state index >= 15 is 0 Å². The van der Waals surface area contributed by atoms with Crippen molar-refractivity contribution in [1.29, 1.82) is 0 Å². The minimum Gasteiger partial charge on any atom is -0.399 e. The number of carbonyl (C=O) groups excluding carboxylic acids is 1. The second-order valence-corrected chi connectivity index (χ2v) is 4.43. The van der Waals surface area contributed by atoms with E-state index in [9.17, 15) is 4.79 Å². The van der Waals surface area contributed by atoms with E-state index in [1.165, 1.54) is 12.1 Å². The fourth-order valence-corrected chi connectivity index (χ4v) is 1.81. The molecule has 0 bridgehead atoms. The average Bonchev–Trinajstić information content (AvgIpc) is 2.69. The largest absolute Gasteiger partial charge is 0.399 e. The van der Waals surface area contributed by atoms with Gasteiger partial charge in [0.25, 0.3) is 5.91 Å². The Balaban J connectivity index is 2.29. The third kappa shape index (κ3) is 2.57. The summed E-state index contributed by atoms with van der Waals surface area (Å²) in [5.41, 5.74) is 6.14. The number of rotatable bonds is 2. The maximum atomic E-state index is 12.0. The Bertz CT molecular complexity index is 610. The van der Waals surface area contributed by atoms with Crippen molar-refractivity contribution in [3.63, 3.8) is 0 Å². The lowest BCUT2D eigenvalue weighted by Gasteiger charge is -2.06. The van der Waals surface area contributed by atoms with Crippen molar-refractivity contribution < 1.29 is 9.32 Å². The predicted octanol–water partition coefficient (Wildman–Crippen LogP) is 3.12. The molecular formula is C11H9Cl2N3O2. The first-order valence-electron chi connectivity index (χ1n) is 4.96. The summed E-state index contributed by atoms with van der Waals surface area (Å²) in [6.07, 6.45) is 0. The molecular weight excluding hydrogens is 277 g/mol. The minimum absolute atomic E-state index is 0.142. The SMILES string of the molecule is Cc1cc(NC(=O)c2cc(N)cc(Cl)c2Cl)no1. The Labute approximate surface area is 113 Å². The van der Waals surface area contributed by atoms with Crippen LogP contribution in [0.5, 0.6) is 0 Å². The van der Waals surface area contributed by atoms with E-state index in [0.29, 0.717) is 17.3 Å². The number of nitrogens with one attached hydrogen (secondary N) is 1. The number of amides is 1. The van der Waals surface area contributed by atoms with Gasteiger partial charge in [0.2, 0.25) is 0 Å². The van der Waals surface area contributed by atoms with Crippen LogP contribution in [-0.4, -0.2) is 11.1 Å². The molecule has 1 aromatic heterocycles. The van der Waals surface area contributed by atoms with Crippen LogP contribution in [-0.2, 0) is 0 Å². The summed E-state index contributed by atoms with van der Waals surface area (Å²) in [6.45, 7) is 1.72. The van der Waals surface area contributed by atoms with E-state index in [1.807, 2.05) is 0 Å². The monoisotopic (exact) mass is 285 g/mol. The van der Waals surface area contributed by atoms with Crippen LogP contribution in [0.3, 0.4) is 0 Å². The van der Waals surface area contributed by atoms with Gasteiger partial charge in [-0.1, -0.05) is 28.4 Å². The lowest BCUT2D eigenvalue weighted by Crippen LogP contribution is -2.13. The highest BCUT2D eigenvalue weighted by Crippen LogP contribution is 2.29. The minimum atomic E-state index is -0.456. The number of hydrogen-bond donors (Lipinski definition) is 2. The Morgan fingerprint density at radius 3 is 2.72 bits per heavy atom. The number of halogens is 2. The number of nitrogens with zero attached hydrogens (tertiary/aromatic N) is 1. The van der Waals surface area contributed by atoms with E-state index in [0.717, 1.165) is 0 Å². The summed E-state index contributed by atoms with van der Waals surface area (Å²) in [7, 11) is 0. The maximum Gasteiger partial charge on any atom is 0.258 e. The zero-order chi connectivity index (χ0) is 13.3. The van der Waals surface area contributed by atoms with Gasteiger partial charge in [-0.25, -0.2) is 0 Å². The molecule has 0 aliphatic heterocycles.